The molecule has 4 aliphatic carbocycles. The van der Waals surface area contributed by atoms with Crippen LogP contribution < -0.4 is 0 Å². The van der Waals surface area contributed by atoms with E-state index in [2.05, 4.69) is 33.8 Å². The summed E-state index contributed by atoms with van der Waals surface area (Å²) in [6.07, 6.45) is -37.9. The molecule has 35 atom stereocenters. The standard InChI is InChI=1S/C60H102O29/c1-23(9-13-35(57(4,5)79)87-55-50(89-53-47(77)43(73)38(68)29(20-63)83-53)44(74)39(69)31(85-55)22-80-51-45(75)41(71)36(66)27(18-61)81-51)24-15-16-58(6)32-12-10-25-26(60(32,8)33(65)17-59(24,58)7)11-14-34(56(25,2)3)86-54-48(78)49(40(70)30(21-64)84-54)88-52-46(76)42(72)37(67)28(19-62)82-52/h10,23-24,26-55,61-79H,9,11-22H2,1-8H3/t23-,24?,26?,27-,28-,29-,30-,31-,32?,33-,34+,35-,36-,37-,38-,39-,40-,41+,42+,43+,44+,45-,46-,47-,48-,49+,50-,51+,52+,53+,54+,55+,58+,59-,60+/m1/s1. The number of allylic oxidation sites excluding steroid dienone is 1. The van der Waals surface area contributed by atoms with E-state index in [1.165, 1.54) is 13.8 Å². The number of aliphatic hydroxyl groups is 19. The summed E-state index contributed by atoms with van der Waals surface area (Å²) < 4.78 is 59.6. The van der Waals surface area contributed by atoms with Crippen LogP contribution in [0, 0.1) is 45.3 Å². The van der Waals surface area contributed by atoms with E-state index in [1.807, 2.05) is 13.8 Å². The third-order valence-electron chi connectivity index (χ3n) is 22.9. The molecule has 0 radical (unpaired) electrons. The Morgan fingerprint density at radius 2 is 0.989 bits per heavy atom. The van der Waals surface area contributed by atoms with Crippen LogP contribution in [0.1, 0.15) is 107 Å². The molecule has 3 saturated carbocycles. The second kappa shape index (κ2) is 27.6. The van der Waals surface area contributed by atoms with Crippen LogP contribution in [0.5, 0.6) is 0 Å². The summed E-state index contributed by atoms with van der Waals surface area (Å²) >= 11 is 0. The Balaban J connectivity index is 0.896. The Bertz CT molecular complexity index is 2340. The SMILES string of the molecule is C[C@H](CC[C@@H](O[C@@H]1O[C@H](CO[C@H]2O[C@H](CO)[C@@H](O)[C@H](O)[C@H]2O)[C@@H](O)[C@H](O)[C@H]1O[C@@H]1O[C@H](CO)[C@@H](O)[C@H](O)[C@H]1O)C(C)(C)O)C1CC[C@@]2(C)C3CC=C4C(CC[C@H](O[C@@H]5O[C@H](CO)[C@@H](O)[C@H](O[C@@H]6O[C@H](CO)[C@@H](O)[C@H](O)[C@H]6O)[C@H]5O)C4(C)C)[C@]3(C)[C@H](O)C[C@]12C. The number of ether oxygens (including phenoxy) is 10. The van der Waals surface area contributed by atoms with Gasteiger partial charge in [0.2, 0.25) is 0 Å². The van der Waals surface area contributed by atoms with Gasteiger partial charge in [0.25, 0.3) is 0 Å². The highest BCUT2D eigenvalue weighted by Crippen LogP contribution is 2.75. The van der Waals surface area contributed by atoms with Gasteiger partial charge in [-0.1, -0.05) is 53.2 Å². The Kier molecular flexibility index (Phi) is 22.3. The topological polar surface area (TPSA) is 477 Å². The maximum atomic E-state index is 12.9. The first-order valence-electron chi connectivity index (χ1n) is 31.6. The minimum Gasteiger partial charge on any atom is -0.394 e. The van der Waals surface area contributed by atoms with Gasteiger partial charge >= 0.3 is 0 Å². The molecule has 5 saturated heterocycles. The van der Waals surface area contributed by atoms with Gasteiger partial charge in [-0.25, -0.2) is 0 Å². The van der Waals surface area contributed by atoms with Crippen LogP contribution in [0.4, 0.5) is 0 Å². The molecular formula is C60H102O29. The van der Waals surface area contributed by atoms with E-state index in [4.69, 9.17) is 47.4 Å². The lowest BCUT2D eigenvalue weighted by molar-refractivity contribution is -0.380. The molecule has 29 nitrogen and oxygen atoms in total. The Morgan fingerprint density at radius 3 is 1.52 bits per heavy atom. The number of hydrogen-bond donors (Lipinski definition) is 19. The number of hydrogen-bond acceptors (Lipinski definition) is 29. The van der Waals surface area contributed by atoms with Crippen LogP contribution in [0.25, 0.3) is 0 Å². The van der Waals surface area contributed by atoms with Crippen molar-refractivity contribution in [2.75, 3.05) is 33.0 Å². The maximum absolute atomic E-state index is 12.9. The zero-order chi connectivity index (χ0) is 65.5. The molecule has 0 aromatic carbocycles. The third kappa shape index (κ3) is 13.0. The molecular weight excluding hydrogens is 1180 g/mol. The lowest BCUT2D eigenvalue weighted by Crippen LogP contribution is -2.66. The van der Waals surface area contributed by atoms with Gasteiger partial charge in [0.05, 0.1) is 56.9 Å². The van der Waals surface area contributed by atoms with Gasteiger partial charge in [0.1, 0.15) is 122 Å². The molecule has 0 spiro atoms. The van der Waals surface area contributed by atoms with Gasteiger partial charge < -0.3 is 144 Å². The van der Waals surface area contributed by atoms with Gasteiger partial charge in [-0.05, 0) is 99.7 Å². The average Bonchev–Trinajstić information content (AvgIpc) is 1.66. The zero-order valence-electron chi connectivity index (χ0n) is 51.8. The molecule has 8 fully saturated rings. The molecule has 516 valence electrons. The fourth-order valence-electron chi connectivity index (χ4n) is 17.1. The highest BCUT2D eigenvalue weighted by Gasteiger charge is 2.71. The first-order chi connectivity index (χ1) is 41.7. The quantitative estimate of drug-likeness (QED) is 0.0506. The molecule has 9 rings (SSSR count). The van der Waals surface area contributed by atoms with Gasteiger partial charge in [-0.15, -0.1) is 0 Å². The van der Waals surface area contributed by atoms with E-state index in [1.54, 1.807) is 0 Å². The van der Waals surface area contributed by atoms with Gasteiger partial charge in [-0.3, -0.25) is 0 Å². The Morgan fingerprint density at radius 1 is 0.517 bits per heavy atom. The Hall–Kier alpha value is -1.42. The molecule has 0 aromatic heterocycles. The predicted molar refractivity (Wildman–Crippen MR) is 300 cm³/mol. The third-order valence-corrected chi connectivity index (χ3v) is 22.9. The van der Waals surface area contributed by atoms with E-state index in [0.717, 1.165) is 18.4 Å². The van der Waals surface area contributed by atoms with E-state index >= 15 is 0 Å². The predicted octanol–water partition coefficient (Wildman–Crippen LogP) is -5.41. The molecule has 0 aromatic rings. The minimum atomic E-state index is -1.96. The van der Waals surface area contributed by atoms with E-state index < -0.39 is 227 Å². The molecule has 0 bridgehead atoms. The second-order valence-electron chi connectivity index (χ2n) is 28.7. The van der Waals surface area contributed by atoms with Crippen molar-refractivity contribution in [1.29, 1.82) is 0 Å². The molecule has 5 aliphatic heterocycles. The monoisotopic (exact) mass is 1290 g/mol. The summed E-state index contributed by atoms with van der Waals surface area (Å²) in [5.41, 5.74) is -2.54. The molecule has 0 amide bonds. The lowest BCUT2D eigenvalue weighted by atomic mass is 9.38. The molecule has 5 heterocycles. The van der Waals surface area contributed by atoms with Crippen molar-refractivity contribution in [2.45, 2.75) is 284 Å². The number of aliphatic hydroxyl groups excluding tert-OH is 18. The zero-order valence-corrected chi connectivity index (χ0v) is 51.8. The van der Waals surface area contributed by atoms with Crippen molar-refractivity contribution < 1.29 is 144 Å². The maximum Gasteiger partial charge on any atom is 0.187 e. The van der Waals surface area contributed by atoms with E-state index in [9.17, 15) is 97.0 Å². The van der Waals surface area contributed by atoms with Crippen LogP contribution >= 0.6 is 0 Å². The smallest absolute Gasteiger partial charge is 0.187 e. The molecule has 89 heavy (non-hydrogen) atoms. The molecule has 9 aliphatic rings. The minimum absolute atomic E-state index is 0.0227. The van der Waals surface area contributed by atoms with Gasteiger partial charge in [-0.2, -0.15) is 0 Å². The first kappa shape index (κ1) is 71.9. The number of rotatable bonds is 20. The highest BCUT2D eigenvalue weighted by molar-refractivity contribution is 5.32. The van der Waals surface area contributed by atoms with Crippen LogP contribution in [0.3, 0.4) is 0 Å². The number of fused-ring (bicyclic) bond motifs is 5. The fraction of sp³-hybridized carbons (Fsp3) is 0.967. The summed E-state index contributed by atoms with van der Waals surface area (Å²) in [4.78, 5) is 0. The van der Waals surface area contributed by atoms with E-state index in [-0.39, 0.29) is 35.5 Å². The molecule has 19 N–H and O–H groups in total. The van der Waals surface area contributed by atoms with Crippen molar-refractivity contribution in [3.63, 3.8) is 0 Å². The summed E-state index contributed by atoms with van der Waals surface area (Å²) in [5, 5.41) is 206. The molecule has 29 heteroatoms. The van der Waals surface area contributed by atoms with Crippen LogP contribution in [0.15, 0.2) is 11.6 Å². The van der Waals surface area contributed by atoms with Crippen molar-refractivity contribution in [2.24, 2.45) is 45.3 Å². The second-order valence-corrected chi connectivity index (χ2v) is 28.7. The lowest BCUT2D eigenvalue weighted by Gasteiger charge is -2.67. The van der Waals surface area contributed by atoms with Gasteiger partial charge in [0, 0.05) is 10.8 Å². The normalized spacial score (nSPS) is 51.8. The van der Waals surface area contributed by atoms with Crippen LogP contribution in [0.2, 0.25) is 0 Å². The van der Waals surface area contributed by atoms with Gasteiger partial charge in [0.15, 0.2) is 31.5 Å². The first-order valence-corrected chi connectivity index (χ1v) is 31.6. The largest absolute Gasteiger partial charge is 0.394 e. The fourth-order valence-corrected chi connectivity index (χ4v) is 17.1. The Labute approximate surface area is 517 Å². The van der Waals surface area contributed by atoms with Crippen molar-refractivity contribution >= 4 is 0 Å². The average molecular weight is 1290 g/mol. The summed E-state index contributed by atoms with van der Waals surface area (Å²) in [6, 6.07) is 0. The van der Waals surface area contributed by atoms with Crippen molar-refractivity contribution in [3.8, 4) is 0 Å². The van der Waals surface area contributed by atoms with Crippen LogP contribution in [-0.4, -0.2) is 308 Å². The summed E-state index contributed by atoms with van der Waals surface area (Å²) in [7, 11) is 0. The van der Waals surface area contributed by atoms with Crippen LogP contribution in [-0.2, 0) is 47.4 Å². The van der Waals surface area contributed by atoms with Crippen molar-refractivity contribution in [3.05, 3.63) is 11.6 Å². The van der Waals surface area contributed by atoms with E-state index in [0.29, 0.717) is 32.1 Å². The van der Waals surface area contributed by atoms with Crippen molar-refractivity contribution in [1.82, 2.24) is 0 Å². The molecule has 3 unspecified atom stereocenters. The summed E-state index contributed by atoms with van der Waals surface area (Å²) in [6.45, 7) is 12.3. The summed E-state index contributed by atoms with van der Waals surface area (Å²) in [5.74, 6) is -0.0469. The highest BCUT2D eigenvalue weighted by atomic mass is 16.8.